The van der Waals surface area contributed by atoms with E-state index < -0.39 is 11.7 Å². The quantitative estimate of drug-likeness (QED) is 0.511. The molecule has 0 bridgehead atoms. The Kier molecular flexibility index (Phi) is 5.39. The number of oxime groups is 1. The lowest BCUT2D eigenvalue weighted by Crippen LogP contribution is -2.04. The fourth-order valence-corrected chi connectivity index (χ4v) is 1.99. The van der Waals surface area contributed by atoms with Gasteiger partial charge in [0.2, 0.25) is 0 Å². The third kappa shape index (κ3) is 4.56. The van der Waals surface area contributed by atoms with Crippen LogP contribution in [0.5, 0.6) is 0 Å². The molecule has 3 nitrogen and oxygen atoms in total. The van der Waals surface area contributed by atoms with Gasteiger partial charge in [-0.05, 0) is 35.7 Å². The van der Waals surface area contributed by atoms with E-state index >= 15 is 0 Å². The van der Waals surface area contributed by atoms with Crippen LogP contribution in [0, 0.1) is 0 Å². The molecule has 0 radical (unpaired) electrons. The summed E-state index contributed by atoms with van der Waals surface area (Å²) in [6, 6.07) is 12.3. The Balaban J connectivity index is 2.15. The summed E-state index contributed by atoms with van der Waals surface area (Å²) in [5.74, 6) is 0. The number of aliphatic hydroxyl groups excluding tert-OH is 1. The van der Waals surface area contributed by atoms with E-state index in [0.29, 0.717) is 11.3 Å². The van der Waals surface area contributed by atoms with Crippen molar-refractivity contribution in [3.8, 4) is 11.1 Å². The Bertz CT molecular complexity index is 662. The summed E-state index contributed by atoms with van der Waals surface area (Å²) >= 11 is 0. The molecule has 2 aromatic carbocycles. The largest absolute Gasteiger partial charge is 0.416 e. The third-order valence-corrected chi connectivity index (χ3v) is 3.23. The first-order chi connectivity index (χ1) is 10.9. The van der Waals surface area contributed by atoms with Crippen molar-refractivity contribution < 1.29 is 23.1 Å². The van der Waals surface area contributed by atoms with Crippen LogP contribution in [0.25, 0.3) is 11.1 Å². The summed E-state index contributed by atoms with van der Waals surface area (Å²) in [6.07, 6.45) is -4.33. The van der Waals surface area contributed by atoms with Crippen LogP contribution in [0.1, 0.15) is 18.1 Å². The van der Waals surface area contributed by atoms with Crippen molar-refractivity contribution in [1.82, 2.24) is 0 Å². The maximum absolute atomic E-state index is 12.6. The van der Waals surface area contributed by atoms with E-state index in [-0.39, 0.29) is 13.2 Å². The molecule has 122 valence electrons. The smallest absolute Gasteiger partial charge is 0.393 e. The van der Waals surface area contributed by atoms with Gasteiger partial charge >= 0.3 is 6.18 Å². The molecule has 23 heavy (non-hydrogen) atoms. The molecule has 0 amide bonds. The van der Waals surface area contributed by atoms with Crippen LogP contribution in [0.3, 0.4) is 0 Å². The van der Waals surface area contributed by atoms with Gasteiger partial charge in [0.15, 0.2) is 0 Å². The van der Waals surface area contributed by atoms with E-state index in [2.05, 4.69) is 5.16 Å². The highest BCUT2D eigenvalue weighted by molar-refractivity contribution is 5.98. The van der Waals surface area contributed by atoms with Gasteiger partial charge in [0.25, 0.3) is 0 Å². The summed E-state index contributed by atoms with van der Waals surface area (Å²) in [6.45, 7) is 1.79. The van der Waals surface area contributed by atoms with Gasteiger partial charge in [-0.25, -0.2) is 0 Å². The molecule has 2 aromatic rings. The molecule has 0 aromatic heterocycles. The van der Waals surface area contributed by atoms with Crippen LogP contribution in [0.2, 0.25) is 0 Å². The van der Waals surface area contributed by atoms with E-state index in [0.717, 1.165) is 23.3 Å². The molecule has 0 saturated heterocycles. The van der Waals surface area contributed by atoms with Gasteiger partial charge in [-0.2, -0.15) is 13.2 Å². The average molecular weight is 323 g/mol. The summed E-state index contributed by atoms with van der Waals surface area (Å²) < 4.78 is 37.7. The lowest BCUT2D eigenvalue weighted by atomic mass is 10.0. The number of hydrogen-bond donors (Lipinski definition) is 1. The van der Waals surface area contributed by atoms with Crippen LogP contribution in [0.15, 0.2) is 53.7 Å². The lowest BCUT2D eigenvalue weighted by molar-refractivity contribution is -0.137. The molecule has 0 unspecified atom stereocenters. The van der Waals surface area contributed by atoms with Gasteiger partial charge in [0.1, 0.15) is 6.61 Å². The normalized spacial score (nSPS) is 12.3. The summed E-state index contributed by atoms with van der Waals surface area (Å²) in [7, 11) is 0. The van der Waals surface area contributed by atoms with Crippen molar-refractivity contribution in [3.63, 3.8) is 0 Å². The molecular weight excluding hydrogens is 307 g/mol. The van der Waals surface area contributed by atoms with Gasteiger partial charge in [0, 0.05) is 0 Å². The van der Waals surface area contributed by atoms with Crippen molar-refractivity contribution in [3.05, 3.63) is 59.7 Å². The number of nitrogens with zero attached hydrogens (tertiary/aromatic N) is 1. The highest BCUT2D eigenvalue weighted by Crippen LogP contribution is 2.31. The molecule has 0 aliphatic carbocycles. The Morgan fingerprint density at radius 1 is 1.00 bits per heavy atom. The van der Waals surface area contributed by atoms with Gasteiger partial charge < -0.3 is 9.94 Å². The van der Waals surface area contributed by atoms with Crippen molar-refractivity contribution in [2.24, 2.45) is 5.16 Å². The summed E-state index contributed by atoms with van der Waals surface area (Å²) in [4.78, 5) is 4.89. The SMILES string of the molecule is C/C(=N/OCCO)c1ccc(-c2ccc(C(F)(F)F)cc2)cc1. The fraction of sp³-hybridized carbons (Fsp3) is 0.235. The molecule has 0 fully saturated rings. The molecule has 0 atom stereocenters. The van der Waals surface area contributed by atoms with E-state index in [4.69, 9.17) is 9.94 Å². The number of alkyl halides is 3. The zero-order chi connectivity index (χ0) is 16.9. The minimum atomic E-state index is -4.33. The minimum absolute atomic E-state index is 0.108. The average Bonchev–Trinajstić information content (AvgIpc) is 2.54. The van der Waals surface area contributed by atoms with Gasteiger partial charge in [-0.15, -0.1) is 0 Å². The first kappa shape index (κ1) is 17.0. The second-order valence-electron chi connectivity index (χ2n) is 4.89. The molecule has 6 heteroatoms. The first-order valence-electron chi connectivity index (χ1n) is 6.97. The monoisotopic (exact) mass is 323 g/mol. The van der Waals surface area contributed by atoms with Gasteiger partial charge in [-0.3, -0.25) is 0 Å². The predicted molar refractivity (Wildman–Crippen MR) is 82.1 cm³/mol. The fourth-order valence-electron chi connectivity index (χ4n) is 1.99. The molecule has 1 N–H and O–H groups in total. The number of halogens is 3. The van der Waals surface area contributed by atoms with E-state index in [9.17, 15) is 13.2 Å². The molecule has 0 saturated carbocycles. The second kappa shape index (κ2) is 7.28. The van der Waals surface area contributed by atoms with Crippen molar-refractivity contribution in [2.45, 2.75) is 13.1 Å². The zero-order valence-electron chi connectivity index (χ0n) is 12.5. The molecule has 0 aliphatic heterocycles. The number of aliphatic hydroxyl groups is 1. The van der Waals surface area contributed by atoms with Crippen LogP contribution >= 0.6 is 0 Å². The minimum Gasteiger partial charge on any atom is -0.393 e. The topological polar surface area (TPSA) is 41.8 Å². The first-order valence-corrected chi connectivity index (χ1v) is 6.97. The van der Waals surface area contributed by atoms with Crippen LogP contribution < -0.4 is 0 Å². The zero-order valence-corrected chi connectivity index (χ0v) is 12.5. The van der Waals surface area contributed by atoms with Crippen molar-refractivity contribution in [2.75, 3.05) is 13.2 Å². The summed E-state index contributed by atoms with van der Waals surface area (Å²) in [5, 5.41) is 12.5. The van der Waals surface area contributed by atoms with E-state index in [1.54, 1.807) is 6.92 Å². The van der Waals surface area contributed by atoms with Crippen LogP contribution in [-0.2, 0) is 11.0 Å². The number of benzene rings is 2. The highest BCUT2D eigenvalue weighted by Gasteiger charge is 2.29. The van der Waals surface area contributed by atoms with Crippen molar-refractivity contribution >= 4 is 5.71 Å². The van der Waals surface area contributed by atoms with Crippen LogP contribution in [0.4, 0.5) is 13.2 Å². The predicted octanol–water partition coefficient (Wildman–Crippen LogP) is 4.11. The molecule has 0 aliphatic rings. The second-order valence-corrected chi connectivity index (χ2v) is 4.89. The van der Waals surface area contributed by atoms with E-state index in [1.807, 2.05) is 24.3 Å². The highest BCUT2D eigenvalue weighted by atomic mass is 19.4. The molecular formula is C17H16F3NO2. The Hall–Kier alpha value is -2.34. The standard InChI is InChI=1S/C17H16F3NO2/c1-12(21-23-11-10-22)13-2-4-14(5-3-13)15-6-8-16(9-7-15)17(18,19)20/h2-9,22H,10-11H2,1H3/b21-12-. The third-order valence-electron chi connectivity index (χ3n) is 3.23. The Labute approximate surface area is 132 Å². The van der Waals surface area contributed by atoms with E-state index in [1.165, 1.54) is 12.1 Å². The maximum Gasteiger partial charge on any atom is 0.416 e. The lowest BCUT2D eigenvalue weighted by Gasteiger charge is -2.08. The number of rotatable bonds is 5. The molecule has 2 rings (SSSR count). The van der Waals surface area contributed by atoms with Gasteiger partial charge in [-0.1, -0.05) is 41.6 Å². The van der Waals surface area contributed by atoms with Crippen LogP contribution in [-0.4, -0.2) is 24.0 Å². The Morgan fingerprint density at radius 3 is 2.00 bits per heavy atom. The molecule has 0 spiro atoms. The molecule has 0 heterocycles. The number of hydrogen-bond acceptors (Lipinski definition) is 3. The van der Waals surface area contributed by atoms with Gasteiger partial charge in [0.05, 0.1) is 17.9 Å². The summed E-state index contributed by atoms with van der Waals surface area (Å²) in [5.41, 5.74) is 2.33. The van der Waals surface area contributed by atoms with Crippen molar-refractivity contribution in [1.29, 1.82) is 0 Å². The Morgan fingerprint density at radius 2 is 1.52 bits per heavy atom. The maximum atomic E-state index is 12.6.